The number of hydrogen-bond donors (Lipinski definition) is 1. The second kappa shape index (κ2) is 8.48. The van der Waals surface area contributed by atoms with Crippen LogP contribution in [0.15, 0.2) is 35.9 Å². The summed E-state index contributed by atoms with van der Waals surface area (Å²) < 4.78 is 2.17. The van der Waals surface area contributed by atoms with Crippen LogP contribution in [0.25, 0.3) is 11.8 Å². The Hall–Kier alpha value is -2.80. The molecule has 0 atom stereocenters. The second-order valence-corrected chi connectivity index (χ2v) is 8.03. The van der Waals surface area contributed by atoms with E-state index in [1.54, 1.807) is 6.08 Å². The van der Waals surface area contributed by atoms with E-state index in [2.05, 4.69) is 54.1 Å². The molecule has 28 heavy (non-hydrogen) atoms. The van der Waals surface area contributed by atoms with Gasteiger partial charge in [0, 0.05) is 23.1 Å². The van der Waals surface area contributed by atoms with Crippen LogP contribution in [0.4, 0.5) is 0 Å². The monoisotopic (exact) mass is 375 g/mol. The van der Waals surface area contributed by atoms with Crippen molar-refractivity contribution in [3.05, 3.63) is 58.4 Å². The topological polar surface area (TPSA) is 57.8 Å². The average Bonchev–Trinajstić information content (AvgIpc) is 3.27. The van der Waals surface area contributed by atoms with Gasteiger partial charge < -0.3 is 9.88 Å². The summed E-state index contributed by atoms with van der Waals surface area (Å²) in [6.45, 7) is 8.44. The highest BCUT2D eigenvalue weighted by atomic mass is 16.1. The molecule has 0 aliphatic heterocycles. The molecule has 146 valence electrons. The number of amides is 1. The lowest BCUT2D eigenvalue weighted by atomic mass is 10.0. The summed E-state index contributed by atoms with van der Waals surface area (Å²) in [5.74, 6) is 0.233. The molecule has 1 N–H and O–H groups in total. The summed E-state index contributed by atoms with van der Waals surface area (Å²) in [5, 5.41) is 12.5. The van der Waals surface area contributed by atoms with Crippen molar-refractivity contribution in [3.8, 4) is 11.8 Å². The lowest BCUT2D eigenvalue weighted by Crippen LogP contribution is -2.33. The fourth-order valence-corrected chi connectivity index (χ4v) is 3.98. The van der Waals surface area contributed by atoms with Crippen molar-refractivity contribution in [3.63, 3.8) is 0 Å². The molecular weight excluding hydrogens is 346 g/mol. The Balaban J connectivity index is 1.88. The summed E-state index contributed by atoms with van der Waals surface area (Å²) in [6, 6.07) is 12.9. The van der Waals surface area contributed by atoms with Gasteiger partial charge in [-0.25, -0.2) is 0 Å². The first kappa shape index (κ1) is 19.9. The minimum Gasteiger partial charge on any atom is -0.349 e. The summed E-state index contributed by atoms with van der Waals surface area (Å²) in [6.07, 6.45) is 6.02. The van der Waals surface area contributed by atoms with Crippen molar-refractivity contribution in [2.75, 3.05) is 0 Å². The minimum atomic E-state index is -0.263. The Morgan fingerprint density at radius 2 is 1.86 bits per heavy atom. The Kier molecular flexibility index (Phi) is 6.04. The van der Waals surface area contributed by atoms with Crippen LogP contribution in [0.5, 0.6) is 0 Å². The number of carbonyl (C=O) groups is 1. The summed E-state index contributed by atoms with van der Waals surface area (Å²) in [4.78, 5) is 12.5. The Morgan fingerprint density at radius 1 is 1.21 bits per heavy atom. The van der Waals surface area contributed by atoms with Crippen LogP contribution >= 0.6 is 0 Å². The Bertz CT molecular complexity index is 920. The van der Waals surface area contributed by atoms with Gasteiger partial charge in [0.05, 0.1) is 0 Å². The van der Waals surface area contributed by atoms with Crippen LogP contribution in [-0.2, 0) is 4.79 Å². The zero-order chi connectivity index (χ0) is 20.3. The quantitative estimate of drug-likeness (QED) is 0.578. The fraction of sp³-hybridized carbons (Fsp3) is 0.417. The summed E-state index contributed by atoms with van der Waals surface area (Å²) in [5.41, 5.74) is 5.58. The number of nitrogens with one attached hydrogen (secondary N) is 1. The number of aromatic nitrogens is 1. The number of aryl methyl sites for hydroxylation is 1. The van der Waals surface area contributed by atoms with Crippen LogP contribution < -0.4 is 5.32 Å². The van der Waals surface area contributed by atoms with Gasteiger partial charge in [-0.1, -0.05) is 38.8 Å². The molecule has 1 heterocycles. The molecule has 1 fully saturated rings. The van der Waals surface area contributed by atoms with E-state index in [0.29, 0.717) is 5.92 Å². The Morgan fingerprint density at radius 3 is 2.43 bits per heavy atom. The van der Waals surface area contributed by atoms with Crippen LogP contribution in [-0.4, -0.2) is 16.5 Å². The molecular formula is C24H29N3O. The van der Waals surface area contributed by atoms with Crippen LogP contribution in [0.1, 0.15) is 68.0 Å². The van der Waals surface area contributed by atoms with Gasteiger partial charge in [0.1, 0.15) is 11.6 Å². The lowest BCUT2D eigenvalue weighted by Gasteiger charge is -2.12. The second-order valence-electron chi connectivity index (χ2n) is 8.03. The van der Waals surface area contributed by atoms with Gasteiger partial charge in [0.2, 0.25) is 0 Å². The molecule has 0 saturated heterocycles. The lowest BCUT2D eigenvalue weighted by molar-refractivity contribution is -0.117. The van der Waals surface area contributed by atoms with E-state index in [4.69, 9.17) is 0 Å². The third kappa shape index (κ3) is 4.20. The molecule has 1 aliphatic rings. The van der Waals surface area contributed by atoms with Gasteiger partial charge in [0.25, 0.3) is 5.91 Å². The van der Waals surface area contributed by atoms with Crippen molar-refractivity contribution in [1.82, 2.24) is 9.88 Å². The highest BCUT2D eigenvalue weighted by Crippen LogP contribution is 2.25. The number of nitrogens with zero attached hydrogens (tertiary/aromatic N) is 2. The molecule has 1 aromatic heterocycles. The molecule has 0 bridgehead atoms. The zero-order valence-electron chi connectivity index (χ0n) is 17.2. The van der Waals surface area contributed by atoms with Gasteiger partial charge in [0.15, 0.2) is 0 Å². The first-order chi connectivity index (χ1) is 13.4. The highest BCUT2D eigenvalue weighted by molar-refractivity contribution is 6.02. The molecule has 1 saturated carbocycles. The van der Waals surface area contributed by atoms with Gasteiger partial charge >= 0.3 is 0 Å². The Labute approximate surface area is 167 Å². The predicted octanol–water partition coefficient (Wildman–Crippen LogP) is 5.18. The van der Waals surface area contributed by atoms with E-state index in [1.165, 1.54) is 5.56 Å². The van der Waals surface area contributed by atoms with Crippen molar-refractivity contribution in [2.24, 2.45) is 0 Å². The predicted molar refractivity (Wildman–Crippen MR) is 113 cm³/mol. The van der Waals surface area contributed by atoms with Crippen molar-refractivity contribution >= 4 is 12.0 Å². The standard InChI is InChI=1S/C24H29N3O/c1-16(2)19-9-11-23(12-10-19)27-17(3)13-20(18(27)4)14-21(15-25)24(28)26-22-7-5-6-8-22/h9-14,16,22H,5-8H2,1-4H3,(H,26,28)/b21-14-. The maximum absolute atomic E-state index is 12.5. The maximum Gasteiger partial charge on any atom is 0.262 e. The van der Waals surface area contributed by atoms with Crippen LogP contribution in [0.2, 0.25) is 0 Å². The molecule has 1 amide bonds. The van der Waals surface area contributed by atoms with E-state index in [1.807, 2.05) is 19.9 Å². The smallest absolute Gasteiger partial charge is 0.262 e. The molecule has 1 aromatic carbocycles. The molecule has 1 aliphatic carbocycles. The zero-order valence-corrected chi connectivity index (χ0v) is 17.2. The third-order valence-corrected chi connectivity index (χ3v) is 5.64. The first-order valence-corrected chi connectivity index (χ1v) is 10.1. The van der Waals surface area contributed by atoms with Gasteiger partial charge in [-0.05, 0) is 68.0 Å². The third-order valence-electron chi connectivity index (χ3n) is 5.64. The van der Waals surface area contributed by atoms with Crippen LogP contribution in [0.3, 0.4) is 0 Å². The van der Waals surface area contributed by atoms with Gasteiger partial charge in [-0.15, -0.1) is 0 Å². The van der Waals surface area contributed by atoms with E-state index in [0.717, 1.165) is 48.3 Å². The van der Waals surface area contributed by atoms with E-state index < -0.39 is 0 Å². The molecule has 0 spiro atoms. The van der Waals surface area contributed by atoms with Crippen molar-refractivity contribution in [1.29, 1.82) is 5.26 Å². The average molecular weight is 376 g/mol. The molecule has 4 nitrogen and oxygen atoms in total. The SMILES string of the molecule is Cc1cc(/C=C(/C#N)C(=O)NC2CCCC2)c(C)n1-c1ccc(C(C)C)cc1. The molecule has 0 radical (unpaired) electrons. The van der Waals surface area contributed by atoms with Crippen molar-refractivity contribution < 1.29 is 4.79 Å². The highest BCUT2D eigenvalue weighted by Gasteiger charge is 2.20. The number of rotatable bonds is 5. The number of nitriles is 1. The molecule has 4 heteroatoms. The first-order valence-electron chi connectivity index (χ1n) is 10.1. The summed E-state index contributed by atoms with van der Waals surface area (Å²) >= 11 is 0. The van der Waals surface area contributed by atoms with Crippen molar-refractivity contribution in [2.45, 2.75) is 65.3 Å². The fourth-order valence-electron chi connectivity index (χ4n) is 3.98. The molecule has 0 unspecified atom stereocenters. The largest absolute Gasteiger partial charge is 0.349 e. The molecule has 2 aromatic rings. The van der Waals surface area contributed by atoms with E-state index in [9.17, 15) is 10.1 Å². The normalized spacial score (nSPS) is 15.1. The van der Waals surface area contributed by atoms with Crippen LogP contribution in [0, 0.1) is 25.2 Å². The van der Waals surface area contributed by atoms with Gasteiger partial charge in [-0.2, -0.15) is 5.26 Å². The minimum absolute atomic E-state index is 0.169. The number of benzene rings is 1. The maximum atomic E-state index is 12.5. The summed E-state index contributed by atoms with van der Waals surface area (Å²) in [7, 11) is 0. The van der Waals surface area contributed by atoms with E-state index in [-0.39, 0.29) is 17.5 Å². The number of carbonyl (C=O) groups excluding carboxylic acids is 1. The van der Waals surface area contributed by atoms with E-state index >= 15 is 0 Å². The number of hydrogen-bond acceptors (Lipinski definition) is 2. The molecule has 3 rings (SSSR count). The van der Waals surface area contributed by atoms with Gasteiger partial charge in [-0.3, -0.25) is 4.79 Å².